The maximum atomic E-state index is 13.8. The lowest BCUT2D eigenvalue weighted by Crippen LogP contribution is -2.39. The van der Waals surface area contributed by atoms with E-state index in [9.17, 15) is 27.6 Å². The lowest BCUT2D eigenvalue weighted by Gasteiger charge is -2.32. The number of pyridine rings is 1. The molecule has 1 fully saturated rings. The fraction of sp³-hybridized carbons (Fsp3) is 0.364. The maximum absolute atomic E-state index is 13.8. The predicted molar refractivity (Wildman–Crippen MR) is 112 cm³/mol. The molecular formula is C22H21F3N4O3. The molecule has 0 unspecified atom stereocenters. The molecule has 10 heteroatoms. The van der Waals surface area contributed by atoms with E-state index in [1.54, 1.807) is 29.2 Å². The quantitative estimate of drug-likeness (QED) is 0.607. The van der Waals surface area contributed by atoms with E-state index < -0.39 is 28.4 Å². The minimum Gasteiger partial charge on any atom is -0.339 e. The monoisotopic (exact) mass is 446 g/mol. The topological polar surface area (TPSA) is 77.2 Å². The molecule has 0 aliphatic carbocycles. The van der Waals surface area contributed by atoms with E-state index in [4.69, 9.17) is 0 Å². The van der Waals surface area contributed by atoms with Crippen molar-refractivity contribution >= 4 is 16.9 Å². The van der Waals surface area contributed by atoms with Crippen molar-refractivity contribution < 1.29 is 18.0 Å². The molecule has 0 spiro atoms. The fourth-order valence-corrected chi connectivity index (χ4v) is 4.15. The number of nitrogens with zero attached hydrogens (tertiary/aromatic N) is 4. The van der Waals surface area contributed by atoms with Crippen LogP contribution < -0.4 is 11.2 Å². The number of halogens is 3. The second kappa shape index (κ2) is 7.92. The van der Waals surface area contributed by atoms with Crippen molar-refractivity contribution in [2.75, 3.05) is 13.1 Å². The van der Waals surface area contributed by atoms with Gasteiger partial charge in [0.2, 0.25) is 0 Å². The number of hydrogen-bond acceptors (Lipinski definition) is 4. The zero-order valence-corrected chi connectivity index (χ0v) is 17.5. The van der Waals surface area contributed by atoms with Crippen LogP contribution in [0.3, 0.4) is 0 Å². The van der Waals surface area contributed by atoms with Crippen LogP contribution in [0, 0.1) is 0 Å². The van der Waals surface area contributed by atoms with Crippen LogP contribution in [-0.2, 0) is 20.3 Å². The van der Waals surface area contributed by atoms with Crippen LogP contribution in [0.1, 0.15) is 40.4 Å². The Morgan fingerprint density at radius 3 is 2.25 bits per heavy atom. The number of carbonyl (C=O) groups is 1. The van der Waals surface area contributed by atoms with Crippen molar-refractivity contribution in [3.8, 4) is 0 Å². The minimum absolute atomic E-state index is 0.127. The molecule has 7 nitrogen and oxygen atoms in total. The normalized spacial score (nSPS) is 15.3. The summed E-state index contributed by atoms with van der Waals surface area (Å²) in [6.45, 7) is 0.740. The maximum Gasteiger partial charge on any atom is 0.417 e. The number of fused-ring (bicyclic) bond motifs is 1. The second-order valence-electron chi connectivity index (χ2n) is 7.93. The third-order valence-electron chi connectivity index (χ3n) is 5.96. The fourth-order valence-electron chi connectivity index (χ4n) is 4.15. The summed E-state index contributed by atoms with van der Waals surface area (Å²) in [4.78, 5) is 43.4. The standard InChI is InChI=1S/C22H21F3N4O3/c1-27-18-17(20(31)28(2)21(27)32)15(22(23,24)25)12-16(26-18)13-8-10-29(11-9-13)19(30)14-6-4-3-5-7-14/h3-7,12-13H,8-11H2,1-2H3. The molecule has 1 saturated heterocycles. The number of piperidine rings is 1. The molecule has 0 radical (unpaired) electrons. The summed E-state index contributed by atoms with van der Waals surface area (Å²) in [6.07, 6.45) is -3.94. The Morgan fingerprint density at radius 2 is 1.66 bits per heavy atom. The van der Waals surface area contributed by atoms with Crippen LogP contribution in [0.15, 0.2) is 46.0 Å². The molecule has 2 aromatic heterocycles. The van der Waals surface area contributed by atoms with Crippen LogP contribution in [0.2, 0.25) is 0 Å². The first-order valence-corrected chi connectivity index (χ1v) is 10.1. The SMILES string of the molecule is Cn1c(=O)c2c(C(F)(F)F)cc(C3CCN(C(=O)c4ccccc4)CC3)nc2n(C)c1=O. The number of aryl methyl sites for hydroxylation is 1. The van der Waals surface area contributed by atoms with Crippen molar-refractivity contribution in [3.63, 3.8) is 0 Å². The molecule has 1 aromatic carbocycles. The summed E-state index contributed by atoms with van der Waals surface area (Å²) >= 11 is 0. The van der Waals surface area contributed by atoms with E-state index >= 15 is 0 Å². The third-order valence-corrected chi connectivity index (χ3v) is 5.96. The molecule has 32 heavy (non-hydrogen) atoms. The predicted octanol–water partition coefficient (Wildman–Crippen LogP) is 2.67. The molecule has 0 atom stereocenters. The summed E-state index contributed by atoms with van der Waals surface area (Å²) < 4.78 is 43.2. The van der Waals surface area contributed by atoms with E-state index in [2.05, 4.69) is 4.98 Å². The zero-order valence-electron chi connectivity index (χ0n) is 17.5. The Bertz CT molecular complexity index is 1300. The number of aromatic nitrogens is 3. The molecule has 0 N–H and O–H groups in total. The molecule has 3 heterocycles. The van der Waals surface area contributed by atoms with Gasteiger partial charge < -0.3 is 4.90 Å². The Kier molecular flexibility index (Phi) is 5.39. The summed E-state index contributed by atoms with van der Waals surface area (Å²) in [5.41, 5.74) is -2.44. The van der Waals surface area contributed by atoms with Crippen LogP contribution in [0.4, 0.5) is 13.2 Å². The Labute approximate surface area is 180 Å². The van der Waals surface area contributed by atoms with Gasteiger partial charge in [0.05, 0.1) is 10.9 Å². The number of alkyl halides is 3. The summed E-state index contributed by atoms with van der Waals surface area (Å²) in [6, 6.07) is 9.70. The Morgan fingerprint density at radius 1 is 1.03 bits per heavy atom. The highest BCUT2D eigenvalue weighted by atomic mass is 19.4. The Balaban J connectivity index is 1.71. The number of rotatable bonds is 2. The molecule has 1 aliphatic heterocycles. The first-order valence-electron chi connectivity index (χ1n) is 10.1. The van der Waals surface area contributed by atoms with Gasteiger partial charge in [0.25, 0.3) is 11.5 Å². The summed E-state index contributed by atoms with van der Waals surface area (Å²) in [5.74, 6) is -0.461. The minimum atomic E-state index is -4.79. The zero-order chi connectivity index (χ0) is 23.2. The summed E-state index contributed by atoms with van der Waals surface area (Å²) in [5, 5.41) is -0.623. The van der Waals surface area contributed by atoms with Crippen molar-refractivity contribution in [1.29, 1.82) is 0 Å². The van der Waals surface area contributed by atoms with Gasteiger partial charge in [0.15, 0.2) is 0 Å². The second-order valence-corrected chi connectivity index (χ2v) is 7.93. The van der Waals surface area contributed by atoms with E-state index in [-0.39, 0.29) is 23.2 Å². The van der Waals surface area contributed by atoms with Gasteiger partial charge in [-0.15, -0.1) is 0 Å². The van der Waals surface area contributed by atoms with E-state index in [0.29, 0.717) is 36.1 Å². The van der Waals surface area contributed by atoms with Gasteiger partial charge in [-0.1, -0.05) is 18.2 Å². The highest BCUT2D eigenvalue weighted by Gasteiger charge is 2.37. The van der Waals surface area contributed by atoms with Gasteiger partial charge in [0.1, 0.15) is 5.65 Å². The average Bonchev–Trinajstić information content (AvgIpc) is 2.80. The lowest BCUT2D eigenvalue weighted by atomic mass is 9.91. The van der Waals surface area contributed by atoms with Crippen molar-refractivity contribution in [2.45, 2.75) is 24.9 Å². The number of likely N-dealkylation sites (tertiary alicyclic amines) is 1. The lowest BCUT2D eigenvalue weighted by molar-refractivity contribution is -0.136. The first-order chi connectivity index (χ1) is 15.1. The Hall–Kier alpha value is -3.43. The first kappa shape index (κ1) is 21.8. The number of carbonyl (C=O) groups excluding carboxylic acids is 1. The van der Waals surface area contributed by atoms with Gasteiger partial charge in [-0.2, -0.15) is 13.2 Å². The molecule has 1 amide bonds. The van der Waals surface area contributed by atoms with Gasteiger partial charge in [-0.3, -0.25) is 18.7 Å². The number of benzene rings is 1. The third kappa shape index (κ3) is 3.69. The van der Waals surface area contributed by atoms with Crippen LogP contribution >= 0.6 is 0 Å². The molecule has 1 aliphatic rings. The molecule has 0 saturated carbocycles. The van der Waals surface area contributed by atoms with Crippen molar-refractivity contribution in [3.05, 3.63) is 74.1 Å². The van der Waals surface area contributed by atoms with Crippen LogP contribution in [0.5, 0.6) is 0 Å². The molecule has 0 bridgehead atoms. The van der Waals surface area contributed by atoms with Gasteiger partial charge >= 0.3 is 11.9 Å². The van der Waals surface area contributed by atoms with Crippen molar-refractivity contribution in [1.82, 2.24) is 19.0 Å². The highest BCUT2D eigenvalue weighted by molar-refractivity contribution is 5.94. The largest absolute Gasteiger partial charge is 0.417 e. The number of amides is 1. The number of hydrogen-bond donors (Lipinski definition) is 0. The van der Waals surface area contributed by atoms with Crippen LogP contribution in [0.25, 0.3) is 11.0 Å². The molecular weight excluding hydrogens is 425 g/mol. The van der Waals surface area contributed by atoms with E-state index in [1.807, 2.05) is 6.07 Å². The average molecular weight is 446 g/mol. The molecule has 168 valence electrons. The van der Waals surface area contributed by atoms with E-state index in [0.717, 1.165) is 17.7 Å². The van der Waals surface area contributed by atoms with E-state index in [1.165, 1.54) is 7.05 Å². The van der Waals surface area contributed by atoms with Gasteiger partial charge in [-0.25, -0.2) is 9.78 Å². The van der Waals surface area contributed by atoms with Gasteiger partial charge in [-0.05, 0) is 31.0 Å². The molecule has 4 rings (SSSR count). The van der Waals surface area contributed by atoms with Crippen molar-refractivity contribution in [2.24, 2.45) is 14.1 Å². The highest BCUT2D eigenvalue weighted by Crippen LogP contribution is 2.36. The smallest absolute Gasteiger partial charge is 0.339 e. The summed E-state index contributed by atoms with van der Waals surface area (Å²) in [7, 11) is 2.43. The van der Waals surface area contributed by atoms with Crippen LogP contribution in [-0.4, -0.2) is 38.0 Å². The van der Waals surface area contributed by atoms with Gasteiger partial charge in [0, 0.05) is 44.4 Å². The molecule has 3 aromatic rings.